The first-order valence-corrected chi connectivity index (χ1v) is 7.88. The highest BCUT2D eigenvalue weighted by atomic mass is 16.5. The van der Waals surface area contributed by atoms with Crippen LogP contribution in [0.25, 0.3) is 10.8 Å². The lowest BCUT2D eigenvalue weighted by molar-refractivity contribution is -0.151. The summed E-state index contributed by atoms with van der Waals surface area (Å²) in [6.07, 6.45) is -0.179. The summed E-state index contributed by atoms with van der Waals surface area (Å²) in [6.45, 7) is -0.601. The van der Waals surface area contributed by atoms with E-state index in [2.05, 4.69) is 10.4 Å². The van der Waals surface area contributed by atoms with Gasteiger partial charge in [0.05, 0.1) is 24.0 Å². The van der Waals surface area contributed by atoms with Crippen LogP contribution in [0.2, 0.25) is 0 Å². The van der Waals surface area contributed by atoms with Gasteiger partial charge in [-0.15, -0.1) is 0 Å². The van der Waals surface area contributed by atoms with Crippen molar-refractivity contribution in [1.82, 2.24) is 20.0 Å². The SMILES string of the molecule is CNC(=O)CN(C)C(=O)COC(=O)Cc1nn(C)c(=O)c2ccccc12. The molecular formula is C17H20N4O5. The second-order valence-corrected chi connectivity index (χ2v) is 5.68. The molecule has 2 amide bonds. The topological polar surface area (TPSA) is 111 Å². The number of aromatic nitrogens is 2. The average molecular weight is 360 g/mol. The predicted molar refractivity (Wildman–Crippen MR) is 93.4 cm³/mol. The Balaban J connectivity index is 2.04. The fraction of sp³-hybridized carbons (Fsp3) is 0.353. The van der Waals surface area contributed by atoms with Gasteiger partial charge in [-0.3, -0.25) is 19.2 Å². The number of carbonyl (C=O) groups is 3. The first-order valence-electron chi connectivity index (χ1n) is 7.88. The van der Waals surface area contributed by atoms with Crippen molar-refractivity contribution in [3.63, 3.8) is 0 Å². The van der Waals surface area contributed by atoms with Crippen molar-refractivity contribution >= 4 is 28.6 Å². The number of benzene rings is 1. The maximum Gasteiger partial charge on any atom is 0.312 e. The third kappa shape index (κ3) is 4.44. The largest absolute Gasteiger partial charge is 0.455 e. The number of rotatable bonds is 6. The number of hydrogen-bond donors (Lipinski definition) is 1. The second-order valence-electron chi connectivity index (χ2n) is 5.68. The van der Waals surface area contributed by atoms with Crippen molar-refractivity contribution in [2.75, 3.05) is 27.2 Å². The van der Waals surface area contributed by atoms with Gasteiger partial charge in [0, 0.05) is 26.5 Å². The molecule has 0 aliphatic heterocycles. The van der Waals surface area contributed by atoms with Crippen molar-refractivity contribution in [3.05, 3.63) is 40.3 Å². The molecule has 26 heavy (non-hydrogen) atoms. The molecule has 1 aromatic carbocycles. The molecule has 0 radical (unpaired) electrons. The maximum absolute atomic E-state index is 12.1. The van der Waals surface area contributed by atoms with E-state index in [0.29, 0.717) is 16.5 Å². The van der Waals surface area contributed by atoms with Gasteiger partial charge >= 0.3 is 5.97 Å². The first-order chi connectivity index (χ1) is 12.3. The van der Waals surface area contributed by atoms with Crippen LogP contribution in [-0.4, -0.2) is 59.7 Å². The normalized spacial score (nSPS) is 10.4. The van der Waals surface area contributed by atoms with Crippen LogP contribution in [0, 0.1) is 0 Å². The van der Waals surface area contributed by atoms with Crippen molar-refractivity contribution in [3.8, 4) is 0 Å². The van der Waals surface area contributed by atoms with Crippen LogP contribution in [-0.2, 0) is 32.6 Å². The molecule has 2 rings (SSSR count). The highest BCUT2D eigenvalue weighted by Crippen LogP contribution is 2.13. The molecule has 0 unspecified atom stereocenters. The molecule has 1 aromatic heterocycles. The molecule has 1 heterocycles. The highest BCUT2D eigenvalue weighted by molar-refractivity contribution is 5.88. The number of aryl methyl sites for hydroxylation is 1. The van der Waals surface area contributed by atoms with Gasteiger partial charge in [0.15, 0.2) is 6.61 Å². The molecule has 0 atom stereocenters. The summed E-state index contributed by atoms with van der Waals surface area (Å²) in [5.74, 6) is -1.48. The Kier molecular flexibility index (Phi) is 6.05. The van der Waals surface area contributed by atoms with E-state index < -0.39 is 18.5 Å². The van der Waals surface area contributed by atoms with Gasteiger partial charge in [0.2, 0.25) is 5.91 Å². The quantitative estimate of drug-likeness (QED) is 0.677. The minimum atomic E-state index is -0.650. The molecule has 0 fully saturated rings. The fourth-order valence-electron chi connectivity index (χ4n) is 2.33. The number of nitrogens with zero attached hydrogens (tertiary/aromatic N) is 3. The molecule has 0 spiro atoms. The average Bonchev–Trinajstić information content (AvgIpc) is 2.63. The molecule has 9 nitrogen and oxygen atoms in total. The van der Waals surface area contributed by atoms with E-state index in [1.165, 1.54) is 21.1 Å². The zero-order valence-electron chi connectivity index (χ0n) is 14.8. The van der Waals surface area contributed by atoms with Crippen LogP contribution < -0.4 is 10.9 Å². The Morgan fingerprint density at radius 3 is 2.54 bits per heavy atom. The zero-order chi connectivity index (χ0) is 19.3. The van der Waals surface area contributed by atoms with Gasteiger partial charge in [0.1, 0.15) is 0 Å². The molecule has 2 aromatic rings. The van der Waals surface area contributed by atoms with E-state index >= 15 is 0 Å². The Hall–Kier alpha value is -3.23. The van der Waals surface area contributed by atoms with Gasteiger partial charge in [-0.1, -0.05) is 18.2 Å². The maximum atomic E-state index is 12.1. The second kappa shape index (κ2) is 8.24. The Labute approximate surface area is 149 Å². The van der Waals surface area contributed by atoms with Crippen molar-refractivity contribution < 1.29 is 19.1 Å². The van der Waals surface area contributed by atoms with Crippen molar-refractivity contribution in [1.29, 1.82) is 0 Å². The molecular weight excluding hydrogens is 340 g/mol. The van der Waals surface area contributed by atoms with E-state index in [1.807, 2.05) is 0 Å². The smallest absolute Gasteiger partial charge is 0.312 e. The van der Waals surface area contributed by atoms with Gasteiger partial charge in [-0.2, -0.15) is 5.10 Å². The monoisotopic (exact) mass is 360 g/mol. The zero-order valence-corrected chi connectivity index (χ0v) is 14.8. The minimum Gasteiger partial charge on any atom is -0.455 e. The van der Waals surface area contributed by atoms with E-state index in [9.17, 15) is 19.2 Å². The molecule has 0 saturated carbocycles. The van der Waals surface area contributed by atoms with Crippen LogP contribution in [0.3, 0.4) is 0 Å². The van der Waals surface area contributed by atoms with E-state index in [4.69, 9.17) is 4.74 Å². The number of ether oxygens (including phenoxy) is 1. The Bertz CT molecular complexity index is 906. The summed E-state index contributed by atoms with van der Waals surface area (Å²) in [4.78, 5) is 48.4. The van der Waals surface area contributed by atoms with Crippen LogP contribution in [0.1, 0.15) is 5.69 Å². The van der Waals surface area contributed by atoms with Gasteiger partial charge < -0.3 is 15.0 Å². The summed E-state index contributed by atoms with van der Waals surface area (Å²) < 4.78 is 6.13. The molecule has 9 heteroatoms. The Morgan fingerprint density at radius 2 is 1.88 bits per heavy atom. The number of likely N-dealkylation sites (N-methyl/N-ethyl adjacent to an activating group) is 2. The number of carbonyl (C=O) groups excluding carboxylic acids is 3. The summed E-state index contributed by atoms with van der Waals surface area (Å²) in [5.41, 5.74) is 0.127. The van der Waals surface area contributed by atoms with Crippen LogP contribution in [0.4, 0.5) is 0 Å². The number of nitrogens with one attached hydrogen (secondary N) is 1. The number of amides is 2. The van der Waals surface area contributed by atoms with Gasteiger partial charge in [-0.05, 0) is 6.07 Å². The first kappa shape index (κ1) is 19.1. The predicted octanol–water partition coefficient (Wildman–Crippen LogP) is -0.776. The number of fused-ring (bicyclic) bond motifs is 1. The van der Waals surface area contributed by atoms with Gasteiger partial charge in [0.25, 0.3) is 11.5 Å². The molecule has 0 aliphatic carbocycles. The molecule has 0 bridgehead atoms. The fourth-order valence-corrected chi connectivity index (χ4v) is 2.33. The van der Waals surface area contributed by atoms with Crippen molar-refractivity contribution in [2.24, 2.45) is 7.05 Å². The lowest BCUT2D eigenvalue weighted by Crippen LogP contribution is -2.39. The van der Waals surface area contributed by atoms with E-state index in [0.717, 1.165) is 9.58 Å². The summed E-state index contributed by atoms with van der Waals surface area (Å²) in [5, 5.41) is 7.53. The number of esters is 1. The van der Waals surface area contributed by atoms with Crippen molar-refractivity contribution in [2.45, 2.75) is 6.42 Å². The van der Waals surface area contributed by atoms with E-state index in [1.54, 1.807) is 24.3 Å². The standard InChI is InChI=1S/C17H20N4O5/c1-18-14(22)9-20(2)15(23)10-26-16(24)8-13-11-6-4-5-7-12(11)17(25)21(3)19-13/h4-7H,8-10H2,1-3H3,(H,18,22). The summed E-state index contributed by atoms with van der Waals surface area (Å²) in [6, 6.07) is 6.84. The van der Waals surface area contributed by atoms with Gasteiger partial charge in [-0.25, -0.2) is 4.68 Å². The van der Waals surface area contributed by atoms with Crippen LogP contribution >= 0.6 is 0 Å². The Morgan fingerprint density at radius 1 is 1.23 bits per heavy atom. The molecule has 0 aliphatic rings. The minimum absolute atomic E-state index is 0.125. The molecule has 0 saturated heterocycles. The molecule has 138 valence electrons. The summed E-state index contributed by atoms with van der Waals surface area (Å²) >= 11 is 0. The van der Waals surface area contributed by atoms with E-state index in [-0.39, 0.29) is 24.4 Å². The highest BCUT2D eigenvalue weighted by Gasteiger charge is 2.17. The van der Waals surface area contributed by atoms with Crippen LogP contribution in [0.15, 0.2) is 29.1 Å². The lowest BCUT2D eigenvalue weighted by atomic mass is 10.1. The summed E-state index contributed by atoms with van der Waals surface area (Å²) in [7, 11) is 4.40. The number of hydrogen-bond acceptors (Lipinski definition) is 6. The van der Waals surface area contributed by atoms with Crippen LogP contribution in [0.5, 0.6) is 0 Å². The third-order valence-electron chi connectivity index (χ3n) is 3.79. The lowest BCUT2D eigenvalue weighted by Gasteiger charge is -2.16. The third-order valence-corrected chi connectivity index (χ3v) is 3.79. The molecule has 1 N–H and O–H groups in total.